The lowest BCUT2D eigenvalue weighted by Gasteiger charge is -2.17. The molecule has 8 nitrogen and oxygen atoms in total. The molecule has 192 valence electrons. The Bertz CT molecular complexity index is 1200. The molecule has 4 rings (SSSR count). The molecule has 0 radical (unpaired) electrons. The van der Waals surface area contributed by atoms with Crippen LogP contribution in [0.4, 0.5) is 11.4 Å². The highest BCUT2D eigenvalue weighted by atomic mass is 16.5. The van der Waals surface area contributed by atoms with Gasteiger partial charge < -0.3 is 25.0 Å². The molecule has 1 aliphatic heterocycles. The van der Waals surface area contributed by atoms with Crippen molar-refractivity contribution in [2.75, 3.05) is 36.5 Å². The van der Waals surface area contributed by atoms with Gasteiger partial charge in [-0.05, 0) is 67.4 Å². The van der Waals surface area contributed by atoms with E-state index in [-0.39, 0.29) is 36.7 Å². The zero-order valence-electron chi connectivity index (χ0n) is 20.8. The van der Waals surface area contributed by atoms with Crippen LogP contribution in [-0.4, -0.2) is 44.0 Å². The molecule has 0 aliphatic carbocycles. The molecule has 3 aromatic rings. The van der Waals surface area contributed by atoms with E-state index in [0.29, 0.717) is 36.8 Å². The monoisotopic (exact) mass is 501 g/mol. The molecule has 3 aromatic carbocycles. The lowest BCUT2D eigenvalue weighted by Crippen LogP contribution is -2.34. The summed E-state index contributed by atoms with van der Waals surface area (Å²) in [5.41, 5.74) is 2.50. The maximum atomic E-state index is 12.6. The second-order valence-electron chi connectivity index (χ2n) is 8.72. The molecule has 1 atom stereocenters. The Morgan fingerprint density at radius 1 is 0.919 bits per heavy atom. The Labute approximate surface area is 216 Å². The fraction of sp³-hybridized carbons (Fsp3) is 0.276. The Balaban J connectivity index is 1.22. The SMILES string of the molecule is CCOc1ccc(NC(=O)COc2ccc(N3C[C@@H](C(=O)NCCc4ccccc4)CC3=O)cc2)cc1. The Morgan fingerprint density at radius 3 is 2.30 bits per heavy atom. The second kappa shape index (κ2) is 12.6. The molecule has 1 fully saturated rings. The van der Waals surface area contributed by atoms with Crippen molar-refractivity contribution in [3.05, 3.63) is 84.4 Å². The van der Waals surface area contributed by atoms with Gasteiger partial charge in [0.25, 0.3) is 5.91 Å². The Morgan fingerprint density at radius 2 is 1.59 bits per heavy atom. The number of carbonyl (C=O) groups excluding carboxylic acids is 3. The van der Waals surface area contributed by atoms with E-state index >= 15 is 0 Å². The summed E-state index contributed by atoms with van der Waals surface area (Å²) in [7, 11) is 0. The molecule has 2 N–H and O–H groups in total. The molecular weight excluding hydrogens is 470 g/mol. The van der Waals surface area contributed by atoms with Crippen LogP contribution < -0.4 is 25.0 Å². The van der Waals surface area contributed by atoms with Gasteiger partial charge >= 0.3 is 0 Å². The topological polar surface area (TPSA) is 97.0 Å². The van der Waals surface area contributed by atoms with Gasteiger partial charge in [0.1, 0.15) is 11.5 Å². The third-order valence-corrected chi connectivity index (χ3v) is 6.02. The van der Waals surface area contributed by atoms with Crippen molar-refractivity contribution in [1.29, 1.82) is 0 Å². The fourth-order valence-electron chi connectivity index (χ4n) is 4.12. The second-order valence-corrected chi connectivity index (χ2v) is 8.72. The molecular formula is C29H31N3O5. The van der Waals surface area contributed by atoms with Crippen LogP contribution in [0.3, 0.4) is 0 Å². The predicted molar refractivity (Wildman–Crippen MR) is 142 cm³/mol. The highest BCUT2D eigenvalue weighted by Crippen LogP contribution is 2.27. The Kier molecular flexibility index (Phi) is 8.75. The van der Waals surface area contributed by atoms with E-state index in [1.165, 1.54) is 0 Å². The van der Waals surface area contributed by atoms with E-state index in [9.17, 15) is 14.4 Å². The molecule has 1 heterocycles. The number of anilines is 2. The molecule has 37 heavy (non-hydrogen) atoms. The minimum atomic E-state index is -0.384. The summed E-state index contributed by atoms with van der Waals surface area (Å²) >= 11 is 0. The van der Waals surface area contributed by atoms with Gasteiger partial charge in [-0.25, -0.2) is 0 Å². The van der Waals surface area contributed by atoms with Crippen molar-refractivity contribution in [2.45, 2.75) is 19.8 Å². The first-order valence-electron chi connectivity index (χ1n) is 12.4. The van der Waals surface area contributed by atoms with E-state index in [4.69, 9.17) is 9.47 Å². The predicted octanol–water partition coefficient (Wildman–Crippen LogP) is 3.81. The van der Waals surface area contributed by atoms with Crippen LogP contribution in [0.2, 0.25) is 0 Å². The first kappa shape index (κ1) is 25.8. The highest BCUT2D eigenvalue weighted by Gasteiger charge is 2.34. The molecule has 8 heteroatoms. The fourth-order valence-corrected chi connectivity index (χ4v) is 4.12. The standard InChI is InChI=1S/C29H31N3O5/c1-2-36-25-12-8-23(9-13-25)31-27(33)20-37-26-14-10-24(11-15-26)32-19-22(18-28(32)34)29(35)30-17-16-21-6-4-3-5-7-21/h3-15,22H,2,16-20H2,1H3,(H,30,35)(H,31,33)/t22-/m0/s1. The smallest absolute Gasteiger partial charge is 0.262 e. The summed E-state index contributed by atoms with van der Waals surface area (Å²) in [6.07, 6.45) is 0.928. The average molecular weight is 502 g/mol. The first-order chi connectivity index (χ1) is 18.0. The average Bonchev–Trinajstić information content (AvgIpc) is 3.31. The summed E-state index contributed by atoms with van der Waals surface area (Å²) < 4.78 is 11.0. The van der Waals surface area contributed by atoms with E-state index in [1.807, 2.05) is 37.3 Å². The van der Waals surface area contributed by atoms with Crippen LogP contribution in [0.1, 0.15) is 18.9 Å². The van der Waals surface area contributed by atoms with E-state index in [1.54, 1.807) is 53.4 Å². The number of hydrogen-bond acceptors (Lipinski definition) is 5. The van der Waals surface area contributed by atoms with E-state index < -0.39 is 0 Å². The number of hydrogen-bond donors (Lipinski definition) is 2. The van der Waals surface area contributed by atoms with Crippen LogP contribution in [0, 0.1) is 5.92 Å². The van der Waals surface area contributed by atoms with Gasteiger partial charge in [0.15, 0.2) is 6.61 Å². The van der Waals surface area contributed by atoms with Gasteiger partial charge in [0, 0.05) is 30.9 Å². The van der Waals surface area contributed by atoms with Gasteiger partial charge in [-0.15, -0.1) is 0 Å². The maximum absolute atomic E-state index is 12.6. The lowest BCUT2D eigenvalue weighted by atomic mass is 10.1. The van der Waals surface area contributed by atoms with Crippen LogP contribution in [0.5, 0.6) is 11.5 Å². The Hall–Kier alpha value is -4.33. The third kappa shape index (κ3) is 7.33. The number of nitrogens with one attached hydrogen (secondary N) is 2. The van der Waals surface area contributed by atoms with Crippen LogP contribution in [0.25, 0.3) is 0 Å². The number of amides is 3. The number of benzene rings is 3. The molecule has 3 amide bonds. The quantitative estimate of drug-likeness (QED) is 0.417. The zero-order valence-corrected chi connectivity index (χ0v) is 20.8. The van der Waals surface area contributed by atoms with Crippen LogP contribution in [0.15, 0.2) is 78.9 Å². The van der Waals surface area contributed by atoms with E-state index in [0.717, 1.165) is 17.7 Å². The van der Waals surface area contributed by atoms with Crippen molar-refractivity contribution in [1.82, 2.24) is 5.32 Å². The summed E-state index contributed by atoms with van der Waals surface area (Å²) in [4.78, 5) is 39.0. The number of rotatable bonds is 11. The molecule has 0 aromatic heterocycles. The molecule has 1 aliphatic rings. The maximum Gasteiger partial charge on any atom is 0.262 e. The normalized spacial score (nSPS) is 14.8. The van der Waals surface area contributed by atoms with Crippen molar-refractivity contribution < 1.29 is 23.9 Å². The summed E-state index contributed by atoms with van der Waals surface area (Å²) in [5.74, 6) is 0.377. The summed E-state index contributed by atoms with van der Waals surface area (Å²) in [6, 6.07) is 24.0. The largest absolute Gasteiger partial charge is 0.494 e. The van der Waals surface area contributed by atoms with Crippen molar-refractivity contribution in [3.8, 4) is 11.5 Å². The summed E-state index contributed by atoms with van der Waals surface area (Å²) in [5, 5.41) is 5.72. The number of carbonyl (C=O) groups is 3. The molecule has 1 saturated heterocycles. The van der Waals surface area contributed by atoms with Gasteiger partial charge in [-0.1, -0.05) is 30.3 Å². The van der Waals surface area contributed by atoms with Gasteiger partial charge in [0.05, 0.1) is 12.5 Å². The lowest BCUT2D eigenvalue weighted by molar-refractivity contribution is -0.126. The van der Waals surface area contributed by atoms with Crippen LogP contribution in [-0.2, 0) is 20.8 Å². The third-order valence-electron chi connectivity index (χ3n) is 6.02. The zero-order chi connectivity index (χ0) is 26.0. The number of nitrogens with zero attached hydrogens (tertiary/aromatic N) is 1. The first-order valence-corrected chi connectivity index (χ1v) is 12.4. The van der Waals surface area contributed by atoms with Crippen molar-refractivity contribution >= 4 is 29.1 Å². The molecule has 0 spiro atoms. The molecule has 0 unspecified atom stereocenters. The van der Waals surface area contributed by atoms with Gasteiger partial charge in [-0.3, -0.25) is 14.4 Å². The highest BCUT2D eigenvalue weighted by molar-refractivity contribution is 6.00. The number of ether oxygens (including phenoxy) is 2. The van der Waals surface area contributed by atoms with Gasteiger partial charge in [0.2, 0.25) is 11.8 Å². The van der Waals surface area contributed by atoms with E-state index in [2.05, 4.69) is 10.6 Å². The molecule has 0 bridgehead atoms. The van der Waals surface area contributed by atoms with Crippen molar-refractivity contribution in [2.24, 2.45) is 5.92 Å². The summed E-state index contributed by atoms with van der Waals surface area (Å²) in [6.45, 7) is 3.20. The van der Waals surface area contributed by atoms with Gasteiger partial charge in [-0.2, -0.15) is 0 Å². The minimum absolute atomic E-state index is 0.0911. The van der Waals surface area contributed by atoms with Crippen molar-refractivity contribution in [3.63, 3.8) is 0 Å². The minimum Gasteiger partial charge on any atom is -0.494 e. The molecule has 0 saturated carbocycles. The van der Waals surface area contributed by atoms with Crippen LogP contribution >= 0.6 is 0 Å².